The van der Waals surface area contributed by atoms with Gasteiger partial charge in [0, 0.05) is 6.04 Å². The lowest BCUT2D eigenvalue weighted by atomic mass is 9.70. The Morgan fingerprint density at radius 3 is 2.13 bits per heavy atom. The van der Waals surface area contributed by atoms with Crippen molar-refractivity contribution in [3.8, 4) is 0 Å². The lowest BCUT2D eigenvalue weighted by Crippen LogP contribution is -2.55. The molecule has 15 heavy (non-hydrogen) atoms. The number of hydrogen-bond donors (Lipinski definition) is 1. The molecule has 0 heterocycles. The van der Waals surface area contributed by atoms with Crippen molar-refractivity contribution in [2.45, 2.75) is 31.7 Å². The molecule has 0 radical (unpaired) electrons. The summed E-state index contributed by atoms with van der Waals surface area (Å²) in [6, 6.07) is -0.508. The van der Waals surface area contributed by atoms with Crippen molar-refractivity contribution >= 4 is 11.9 Å². The van der Waals surface area contributed by atoms with Gasteiger partial charge in [-0.2, -0.15) is 0 Å². The Kier molecular flexibility index (Phi) is 3.68. The second-order valence-corrected chi connectivity index (χ2v) is 3.81. The van der Waals surface area contributed by atoms with Crippen LogP contribution in [0.2, 0.25) is 0 Å². The first-order valence-electron chi connectivity index (χ1n) is 5.02. The fraction of sp³-hybridized carbons (Fsp3) is 0.800. The molecule has 1 aliphatic rings. The van der Waals surface area contributed by atoms with Gasteiger partial charge in [-0.1, -0.05) is 12.8 Å². The molecule has 0 aromatic carbocycles. The molecule has 86 valence electrons. The zero-order valence-corrected chi connectivity index (χ0v) is 9.12. The highest BCUT2D eigenvalue weighted by Gasteiger charge is 2.54. The van der Waals surface area contributed by atoms with Crippen LogP contribution in [0.15, 0.2) is 0 Å². The average molecular weight is 215 g/mol. The van der Waals surface area contributed by atoms with E-state index >= 15 is 0 Å². The van der Waals surface area contributed by atoms with E-state index in [1.165, 1.54) is 14.2 Å². The van der Waals surface area contributed by atoms with Crippen LogP contribution >= 0.6 is 0 Å². The number of methoxy groups -OCH3 is 2. The third-order valence-corrected chi connectivity index (χ3v) is 3.07. The minimum absolute atomic E-state index is 0.410. The number of rotatable bonds is 2. The van der Waals surface area contributed by atoms with E-state index in [0.29, 0.717) is 12.8 Å². The molecular formula is C10H17NO4. The van der Waals surface area contributed by atoms with E-state index in [4.69, 9.17) is 5.73 Å². The van der Waals surface area contributed by atoms with Gasteiger partial charge >= 0.3 is 11.9 Å². The molecule has 0 aromatic heterocycles. The zero-order valence-electron chi connectivity index (χ0n) is 9.12. The maximum atomic E-state index is 11.7. The fourth-order valence-corrected chi connectivity index (χ4v) is 2.15. The van der Waals surface area contributed by atoms with Gasteiger partial charge in [-0.3, -0.25) is 9.59 Å². The Hall–Kier alpha value is -1.10. The molecule has 0 aromatic rings. The van der Waals surface area contributed by atoms with Crippen LogP contribution in [0.3, 0.4) is 0 Å². The predicted octanol–water partition coefficient (Wildman–Crippen LogP) is 0.220. The van der Waals surface area contributed by atoms with E-state index in [1.807, 2.05) is 0 Å². The van der Waals surface area contributed by atoms with E-state index in [-0.39, 0.29) is 0 Å². The zero-order chi connectivity index (χ0) is 11.5. The Balaban J connectivity index is 3.03. The van der Waals surface area contributed by atoms with E-state index in [2.05, 4.69) is 9.47 Å². The topological polar surface area (TPSA) is 78.6 Å². The van der Waals surface area contributed by atoms with Crippen LogP contribution in [-0.4, -0.2) is 32.2 Å². The molecule has 1 fully saturated rings. The molecule has 1 saturated carbocycles. The number of nitrogens with two attached hydrogens (primary N) is 1. The predicted molar refractivity (Wildman–Crippen MR) is 52.9 cm³/mol. The van der Waals surface area contributed by atoms with Gasteiger partial charge in [0.15, 0.2) is 5.41 Å². The van der Waals surface area contributed by atoms with Crippen molar-refractivity contribution in [1.29, 1.82) is 0 Å². The summed E-state index contributed by atoms with van der Waals surface area (Å²) in [4.78, 5) is 23.4. The SMILES string of the molecule is COC(=O)C1(C(=O)OC)CCCCC1N. The van der Waals surface area contributed by atoms with Gasteiger partial charge in [0.25, 0.3) is 0 Å². The number of carbonyl (C=O) groups excluding carboxylic acids is 2. The monoisotopic (exact) mass is 215 g/mol. The molecule has 2 N–H and O–H groups in total. The maximum Gasteiger partial charge on any atom is 0.324 e. The lowest BCUT2D eigenvalue weighted by molar-refractivity contribution is -0.173. The summed E-state index contributed by atoms with van der Waals surface area (Å²) in [5.41, 5.74) is 4.58. The van der Waals surface area contributed by atoms with Crippen molar-refractivity contribution in [3.63, 3.8) is 0 Å². The van der Waals surface area contributed by atoms with E-state index in [1.54, 1.807) is 0 Å². The highest BCUT2D eigenvalue weighted by Crippen LogP contribution is 2.37. The number of ether oxygens (including phenoxy) is 2. The first kappa shape index (κ1) is 12.0. The third kappa shape index (κ3) is 1.84. The van der Waals surface area contributed by atoms with Gasteiger partial charge in [0.05, 0.1) is 14.2 Å². The second kappa shape index (κ2) is 4.61. The molecule has 0 saturated heterocycles. The van der Waals surface area contributed by atoms with Crippen molar-refractivity contribution in [3.05, 3.63) is 0 Å². The summed E-state index contributed by atoms with van der Waals surface area (Å²) in [7, 11) is 2.52. The summed E-state index contributed by atoms with van der Waals surface area (Å²) in [5, 5.41) is 0. The second-order valence-electron chi connectivity index (χ2n) is 3.81. The van der Waals surface area contributed by atoms with Crippen molar-refractivity contribution in [1.82, 2.24) is 0 Å². The van der Waals surface area contributed by atoms with Crippen molar-refractivity contribution < 1.29 is 19.1 Å². The Labute approximate surface area is 88.9 Å². The van der Waals surface area contributed by atoms with Gasteiger partial charge in [-0.05, 0) is 12.8 Å². The summed E-state index contributed by atoms with van der Waals surface area (Å²) < 4.78 is 9.33. The summed E-state index contributed by atoms with van der Waals surface area (Å²) >= 11 is 0. The van der Waals surface area contributed by atoms with Gasteiger partial charge in [-0.15, -0.1) is 0 Å². The Bertz CT molecular complexity index is 248. The maximum absolute atomic E-state index is 11.7. The standard InChI is InChI=1S/C10H17NO4/c1-14-8(12)10(9(13)15-2)6-4-3-5-7(10)11/h7H,3-6,11H2,1-2H3. The largest absolute Gasteiger partial charge is 0.468 e. The minimum atomic E-state index is -1.29. The fourth-order valence-electron chi connectivity index (χ4n) is 2.15. The van der Waals surface area contributed by atoms with Gasteiger partial charge in [-0.25, -0.2) is 0 Å². The number of esters is 2. The summed E-state index contributed by atoms with van der Waals surface area (Å²) in [5.74, 6) is -1.16. The van der Waals surface area contributed by atoms with Crippen LogP contribution in [0.4, 0.5) is 0 Å². The number of carbonyl (C=O) groups is 2. The molecule has 0 amide bonds. The number of hydrogen-bond acceptors (Lipinski definition) is 5. The Morgan fingerprint density at radius 1 is 1.20 bits per heavy atom. The van der Waals surface area contributed by atoms with Crippen LogP contribution in [0.1, 0.15) is 25.7 Å². The lowest BCUT2D eigenvalue weighted by Gasteiger charge is -2.36. The molecule has 1 atom stereocenters. The molecule has 0 aliphatic heterocycles. The van der Waals surface area contributed by atoms with Crippen LogP contribution in [0, 0.1) is 5.41 Å². The van der Waals surface area contributed by atoms with Crippen LogP contribution in [0.25, 0.3) is 0 Å². The highest BCUT2D eigenvalue weighted by molar-refractivity contribution is 6.01. The molecule has 0 spiro atoms. The van der Waals surface area contributed by atoms with Gasteiger partial charge in [0.2, 0.25) is 0 Å². The molecule has 1 aliphatic carbocycles. The van der Waals surface area contributed by atoms with Crippen LogP contribution in [-0.2, 0) is 19.1 Å². The molecule has 5 nitrogen and oxygen atoms in total. The van der Waals surface area contributed by atoms with Crippen molar-refractivity contribution in [2.24, 2.45) is 11.1 Å². The molecule has 1 unspecified atom stereocenters. The quantitative estimate of drug-likeness (QED) is 0.526. The average Bonchev–Trinajstić information content (AvgIpc) is 2.28. The van der Waals surface area contributed by atoms with Crippen LogP contribution < -0.4 is 5.73 Å². The van der Waals surface area contributed by atoms with Gasteiger partial charge in [0.1, 0.15) is 0 Å². The smallest absolute Gasteiger partial charge is 0.324 e. The Morgan fingerprint density at radius 2 is 1.73 bits per heavy atom. The summed E-state index contributed by atoms with van der Waals surface area (Å²) in [6.45, 7) is 0. The summed E-state index contributed by atoms with van der Waals surface area (Å²) in [6.07, 6.45) is 2.77. The van der Waals surface area contributed by atoms with E-state index in [9.17, 15) is 9.59 Å². The molecule has 1 rings (SSSR count). The third-order valence-electron chi connectivity index (χ3n) is 3.07. The molecule has 5 heteroatoms. The molecule has 0 bridgehead atoms. The first-order valence-corrected chi connectivity index (χ1v) is 5.02. The minimum Gasteiger partial charge on any atom is -0.468 e. The normalized spacial score (nSPS) is 24.3. The van der Waals surface area contributed by atoms with E-state index in [0.717, 1.165) is 12.8 Å². The van der Waals surface area contributed by atoms with Gasteiger partial charge < -0.3 is 15.2 Å². The van der Waals surface area contributed by atoms with Crippen molar-refractivity contribution in [2.75, 3.05) is 14.2 Å². The van der Waals surface area contributed by atoms with E-state index < -0.39 is 23.4 Å². The molecular weight excluding hydrogens is 198 g/mol. The van der Waals surface area contributed by atoms with Crippen LogP contribution in [0.5, 0.6) is 0 Å². The first-order chi connectivity index (χ1) is 7.09. The highest BCUT2D eigenvalue weighted by atomic mass is 16.5.